The molecule has 0 radical (unpaired) electrons. The van der Waals surface area contributed by atoms with Crippen LogP contribution in [-0.4, -0.2) is 25.0 Å². The fourth-order valence-corrected chi connectivity index (χ4v) is 3.92. The van der Waals surface area contributed by atoms with E-state index in [4.69, 9.17) is 32.7 Å². The average molecular weight is 554 g/mol. The summed E-state index contributed by atoms with van der Waals surface area (Å²) < 4.78 is 12.1. The van der Waals surface area contributed by atoms with Crippen molar-refractivity contribution in [2.75, 3.05) is 12.9 Å². The zero-order chi connectivity index (χ0) is 22.9. The topological polar surface area (TPSA) is 59.9 Å². The summed E-state index contributed by atoms with van der Waals surface area (Å²) in [6.07, 6.45) is 1.54. The zero-order valence-corrected chi connectivity index (χ0v) is 20.9. The third-order valence-electron chi connectivity index (χ3n) is 4.17. The molecule has 3 aromatic rings. The van der Waals surface area contributed by atoms with Crippen molar-refractivity contribution in [2.24, 2.45) is 5.10 Å². The van der Waals surface area contributed by atoms with Crippen molar-refractivity contribution >= 4 is 63.0 Å². The lowest BCUT2D eigenvalue weighted by Crippen LogP contribution is -2.19. The summed E-state index contributed by atoms with van der Waals surface area (Å²) in [5, 5.41) is 5.37. The maximum absolute atomic E-state index is 12.0. The molecule has 0 atom stereocenters. The van der Waals surface area contributed by atoms with Gasteiger partial charge in [0.1, 0.15) is 6.61 Å². The third kappa shape index (κ3) is 7.45. The Balaban J connectivity index is 1.57. The second-order valence-corrected chi connectivity index (χ2v) is 9.25. The van der Waals surface area contributed by atoms with Gasteiger partial charge in [0.25, 0.3) is 0 Å². The van der Waals surface area contributed by atoms with Gasteiger partial charge in [-0.25, -0.2) is 5.43 Å². The van der Waals surface area contributed by atoms with E-state index in [1.54, 1.807) is 37.6 Å². The summed E-state index contributed by atoms with van der Waals surface area (Å²) in [4.78, 5) is 13.0. The highest BCUT2D eigenvalue weighted by Gasteiger charge is 2.10. The average Bonchev–Trinajstić information content (AvgIpc) is 2.79. The van der Waals surface area contributed by atoms with Gasteiger partial charge in [-0.05, 0) is 70.0 Å². The Bertz CT molecular complexity index is 1090. The first-order valence-electron chi connectivity index (χ1n) is 9.39. The molecule has 0 heterocycles. The highest BCUT2D eigenvalue weighted by molar-refractivity contribution is 9.10. The number of methoxy groups -OCH3 is 1. The number of amides is 1. The first-order valence-corrected chi connectivity index (χ1v) is 11.9. The van der Waals surface area contributed by atoms with Gasteiger partial charge in [0.2, 0.25) is 5.91 Å². The Labute approximate surface area is 209 Å². The Morgan fingerprint density at radius 1 is 1.06 bits per heavy atom. The Morgan fingerprint density at radius 3 is 2.38 bits per heavy atom. The molecule has 1 N–H and O–H groups in total. The fraction of sp³-hybridized carbons (Fsp3) is 0.130. The second kappa shape index (κ2) is 12.2. The summed E-state index contributed by atoms with van der Waals surface area (Å²) in [7, 11) is 1.56. The molecule has 0 aliphatic rings. The molecule has 0 saturated heterocycles. The molecule has 0 aliphatic heterocycles. The summed E-state index contributed by atoms with van der Waals surface area (Å²) in [5.74, 6) is 1.15. The van der Waals surface area contributed by atoms with Gasteiger partial charge in [0.15, 0.2) is 11.5 Å². The lowest BCUT2D eigenvalue weighted by Gasteiger charge is -2.13. The van der Waals surface area contributed by atoms with Gasteiger partial charge < -0.3 is 9.47 Å². The van der Waals surface area contributed by atoms with Gasteiger partial charge in [-0.15, -0.1) is 11.8 Å². The third-order valence-corrected chi connectivity index (χ3v) is 6.37. The minimum atomic E-state index is -0.216. The lowest BCUT2D eigenvalue weighted by atomic mass is 10.2. The van der Waals surface area contributed by atoms with Crippen LogP contribution in [0.3, 0.4) is 0 Å². The largest absolute Gasteiger partial charge is 0.493 e. The van der Waals surface area contributed by atoms with Gasteiger partial charge in [-0.2, -0.15) is 5.10 Å². The molecule has 0 unspecified atom stereocenters. The second-order valence-electron chi connectivity index (χ2n) is 6.48. The highest BCUT2D eigenvalue weighted by atomic mass is 79.9. The van der Waals surface area contributed by atoms with E-state index in [1.165, 1.54) is 11.8 Å². The van der Waals surface area contributed by atoms with E-state index in [9.17, 15) is 4.79 Å². The van der Waals surface area contributed by atoms with Crippen LogP contribution in [0.5, 0.6) is 11.5 Å². The number of rotatable bonds is 9. The Kier molecular flexibility index (Phi) is 9.29. The highest BCUT2D eigenvalue weighted by Crippen LogP contribution is 2.33. The molecular weight excluding hydrogens is 535 g/mol. The molecule has 9 heteroatoms. The van der Waals surface area contributed by atoms with Gasteiger partial charge in [-0.1, -0.05) is 35.3 Å². The SMILES string of the molecule is COc1cc(/C=N\NC(=O)CSc2ccc(Cl)cc2)c(Br)cc1OCc1ccc(Cl)cc1. The van der Waals surface area contributed by atoms with Crippen LogP contribution in [0, 0.1) is 0 Å². The number of carbonyl (C=O) groups excluding carboxylic acids is 1. The number of ether oxygens (including phenoxy) is 2. The van der Waals surface area contributed by atoms with Gasteiger partial charge in [-0.3, -0.25) is 4.79 Å². The van der Waals surface area contributed by atoms with Crippen LogP contribution in [0.4, 0.5) is 0 Å². The van der Waals surface area contributed by atoms with Crippen LogP contribution in [0.1, 0.15) is 11.1 Å². The molecule has 3 aromatic carbocycles. The maximum atomic E-state index is 12.0. The molecule has 32 heavy (non-hydrogen) atoms. The van der Waals surface area contributed by atoms with Crippen LogP contribution in [-0.2, 0) is 11.4 Å². The molecule has 3 rings (SSSR count). The van der Waals surface area contributed by atoms with Crippen molar-refractivity contribution in [3.63, 3.8) is 0 Å². The predicted molar refractivity (Wildman–Crippen MR) is 134 cm³/mol. The molecule has 0 bridgehead atoms. The van der Waals surface area contributed by atoms with Crippen molar-refractivity contribution < 1.29 is 14.3 Å². The molecule has 0 saturated carbocycles. The molecule has 1 amide bonds. The molecule has 0 aromatic heterocycles. The maximum Gasteiger partial charge on any atom is 0.250 e. The van der Waals surface area contributed by atoms with Crippen LogP contribution >= 0.6 is 50.9 Å². The Hall–Kier alpha value is -2.19. The van der Waals surface area contributed by atoms with E-state index >= 15 is 0 Å². The predicted octanol–water partition coefficient (Wildman–Crippen LogP) is 6.59. The van der Waals surface area contributed by atoms with E-state index in [0.29, 0.717) is 28.2 Å². The quantitative estimate of drug-likeness (QED) is 0.184. The van der Waals surface area contributed by atoms with Crippen LogP contribution in [0.2, 0.25) is 10.0 Å². The van der Waals surface area contributed by atoms with E-state index in [2.05, 4.69) is 26.5 Å². The number of halogens is 3. The summed E-state index contributed by atoms with van der Waals surface area (Å²) in [6.45, 7) is 0.370. The summed E-state index contributed by atoms with van der Waals surface area (Å²) in [6, 6.07) is 18.3. The monoisotopic (exact) mass is 552 g/mol. The number of nitrogens with zero attached hydrogens (tertiary/aromatic N) is 1. The van der Waals surface area contributed by atoms with Crippen LogP contribution in [0.15, 0.2) is 75.1 Å². The number of thioether (sulfide) groups is 1. The van der Waals surface area contributed by atoms with E-state index < -0.39 is 0 Å². The summed E-state index contributed by atoms with van der Waals surface area (Å²) >= 11 is 16.7. The Morgan fingerprint density at radius 2 is 1.72 bits per heavy atom. The first-order chi connectivity index (χ1) is 15.4. The summed E-state index contributed by atoms with van der Waals surface area (Å²) in [5.41, 5.74) is 4.24. The van der Waals surface area contributed by atoms with Crippen LogP contribution < -0.4 is 14.9 Å². The van der Waals surface area contributed by atoms with Crippen LogP contribution in [0.25, 0.3) is 0 Å². The fourth-order valence-electron chi connectivity index (χ4n) is 2.55. The standard InChI is InChI=1S/C23H19BrCl2N2O3S/c1-30-21-10-16(12-27-28-23(29)14-32-19-8-6-18(26)7-9-19)20(24)11-22(21)31-13-15-2-4-17(25)5-3-15/h2-12H,13-14H2,1H3,(H,28,29)/b27-12-. The molecule has 0 fully saturated rings. The van der Waals surface area contributed by atoms with Crippen molar-refractivity contribution in [1.29, 1.82) is 0 Å². The normalized spacial score (nSPS) is 10.9. The number of hydrazone groups is 1. The van der Waals surface area contributed by atoms with Crippen molar-refractivity contribution in [3.8, 4) is 11.5 Å². The molecule has 5 nitrogen and oxygen atoms in total. The van der Waals surface area contributed by atoms with E-state index in [-0.39, 0.29) is 11.7 Å². The van der Waals surface area contributed by atoms with Gasteiger partial charge >= 0.3 is 0 Å². The van der Waals surface area contributed by atoms with Crippen molar-refractivity contribution in [1.82, 2.24) is 5.43 Å². The first kappa shape index (κ1) is 24.5. The van der Waals surface area contributed by atoms with Gasteiger partial charge in [0.05, 0.1) is 19.1 Å². The zero-order valence-electron chi connectivity index (χ0n) is 17.0. The molecule has 166 valence electrons. The molecule has 0 spiro atoms. The van der Waals surface area contributed by atoms with Crippen molar-refractivity contribution in [3.05, 3.63) is 86.3 Å². The number of nitrogens with one attached hydrogen (secondary N) is 1. The molecular formula is C23H19BrCl2N2O3S. The number of carbonyl (C=O) groups is 1. The molecule has 0 aliphatic carbocycles. The van der Waals surface area contributed by atoms with E-state index in [1.807, 2.05) is 36.4 Å². The minimum absolute atomic E-state index is 0.216. The van der Waals surface area contributed by atoms with Crippen molar-refractivity contribution in [2.45, 2.75) is 11.5 Å². The smallest absolute Gasteiger partial charge is 0.250 e. The number of benzene rings is 3. The lowest BCUT2D eigenvalue weighted by molar-refractivity contribution is -0.118. The van der Waals surface area contributed by atoms with E-state index in [0.717, 1.165) is 20.5 Å². The number of hydrogen-bond acceptors (Lipinski definition) is 5. The number of hydrogen-bond donors (Lipinski definition) is 1. The minimum Gasteiger partial charge on any atom is -0.493 e. The van der Waals surface area contributed by atoms with Gasteiger partial charge in [0, 0.05) is 25.0 Å².